The van der Waals surface area contributed by atoms with Crippen LogP contribution in [0.2, 0.25) is 0 Å². The Bertz CT molecular complexity index is 2370. The molecule has 10 rings (SSSR count). The van der Waals surface area contributed by atoms with Gasteiger partial charge in [-0.05, 0) is 79.3 Å². The molecule has 0 spiro atoms. The zero-order chi connectivity index (χ0) is 37.5. The minimum Gasteiger partial charge on any atom is -0.466 e. The summed E-state index contributed by atoms with van der Waals surface area (Å²) in [6.07, 6.45) is 5.30. The van der Waals surface area contributed by atoms with Crippen LogP contribution in [0.25, 0.3) is 28.1 Å². The normalized spacial score (nSPS) is 19.5. The maximum Gasteiger partial charge on any atom is 0.311 e. The lowest BCUT2D eigenvalue weighted by Gasteiger charge is -2.47. The first-order chi connectivity index (χ1) is 27.0. The van der Waals surface area contributed by atoms with Crippen molar-refractivity contribution >= 4 is 28.3 Å². The van der Waals surface area contributed by atoms with Crippen molar-refractivity contribution in [1.29, 1.82) is 0 Å². The quantitative estimate of drug-likeness (QED) is 0.105. The molecule has 0 saturated heterocycles. The molecule has 1 N–H and O–H groups in total. The van der Waals surface area contributed by atoms with Gasteiger partial charge >= 0.3 is 5.97 Å². The van der Waals surface area contributed by atoms with Crippen molar-refractivity contribution in [2.24, 2.45) is 17.8 Å². The molecule has 3 aromatic carbocycles. The zero-order valence-electron chi connectivity index (χ0n) is 30.8. The van der Waals surface area contributed by atoms with E-state index in [4.69, 9.17) is 29.6 Å². The number of nitrogens with zero attached hydrogens (tertiary/aromatic N) is 6. The molecule has 0 unspecified atom stereocenters. The van der Waals surface area contributed by atoms with Crippen LogP contribution in [0.5, 0.6) is 0 Å². The monoisotopic (exact) mass is 735 g/mol. The molecule has 3 aliphatic rings. The van der Waals surface area contributed by atoms with Crippen LogP contribution in [0.1, 0.15) is 55.0 Å². The summed E-state index contributed by atoms with van der Waals surface area (Å²) in [5.74, 6) is 0.400. The number of hydrogen-bond acceptors (Lipinski definition) is 8. The van der Waals surface area contributed by atoms with Crippen LogP contribution < -0.4 is 5.32 Å². The molecule has 4 heterocycles. The molecule has 2 bridgehead atoms. The van der Waals surface area contributed by atoms with Gasteiger partial charge in [-0.2, -0.15) is 5.10 Å². The summed E-state index contributed by atoms with van der Waals surface area (Å²) in [6.45, 7) is 2.48. The fraction of sp³-hybridized carbons (Fsp3) is 0.295. The number of esters is 1. The van der Waals surface area contributed by atoms with Gasteiger partial charge < -0.3 is 14.8 Å². The van der Waals surface area contributed by atoms with Crippen molar-refractivity contribution < 1.29 is 18.7 Å². The van der Waals surface area contributed by atoms with Crippen molar-refractivity contribution in [3.05, 3.63) is 144 Å². The van der Waals surface area contributed by atoms with E-state index in [1.54, 1.807) is 7.11 Å². The molecule has 7 aromatic rings. The molecule has 2 atom stereocenters. The molecule has 3 aliphatic carbocycles. The van der Waals surface area contributed by atoms with Crippen molar-refractivity contribution in [3.8, 4) is 11.5 Å². The third-order valence-corrected chi connectivity index (χ3v) is 11.6. The molecule has 11 heteroatoms. The first-order valence-corrected chi connectivity index (χ1v) is 19.0. The average molecular weight is 736 g/mol. The Hall–Kier alpha value is -5.94. The van der Waals surface area contributed by atoms with Gasteiger partial charge in [-0.1, -0.05) is 91.0 Å². The number of benzene rings is 3. The maximum absolute atomic E-state index is 15.4. The predicted octanol–water partition coefficient (Wildman–Crippen LogP) is 8.05. The lowest BCUT2D eigenvalue weighted by Crippen LogP contribution is -2.52. The number of methoxy groups -OCH3 is 1. The second kappa shape index (κ2) is 14.4. The molecule has 0 aliphatic heterocycles. The number of anilines is 1. The summed E-state index contributed by atoms with van der Waals surface area (Å²) < 4.78 is 30.3. The van der Waals surface area contributed by atoms with Crippen molar-refractivity contribution in [2.75, 3.05) is 19.0 Å². The molecular weight excluding hydrogens is 694 g/mol. The highest BCUT2D eigenvalue weighted by atomic mass is 19.1. The number of halogens is 1. The second-order valence-electron chi connectivity index (χ2n) is 14.6. The Kier molecular flexibility index (Phi) is 9.09. The van der Waals surface area contributed by atoms with Gasteiger partial charge in [-0.15, -0.1) is 5.10 Å². The van der Waals surface area contributed by atoms with Gasteiger partial charge in [0, 0.05) is 13.2 Å². The van der Waals surface area contributed by atoms with Crippen LogP contribution in [0.3, 0.4) is 0 Å². The van der Waals surface area contributed by atoms with E-state index < -0.39 is 11.4 Å². The fourth-order valence-corrected chi connectivity index (χ4v) is 9.19. The molecular formula is C44H42FN7O3. The number of carbonyl (C=O) groups excluding carboxylic acids is 1. The number of ether oxygens (including phenoxy) is 2. The largest absolute Gasteiger partial charge is 0.466 e. The molecule has 3 fully saturated rings. The second-order valence-corrected chi connectivity index (χ2v) is 14.6. The molecule has 3 saturated carbocycles. The van der Waals surface area contributed by atoms with Gasteiger partial charge in [0.15, 0.2) is 11.5 Å². The number of fused-ring (bicyclic) bond motifs is 5. The van der Waals surface area contributed by atoms with Crippen LogP contribution in [0.15, 0.2) is 115 Å². The standard InChI is InChI=1S/C44H42FN7O3/c1-3-55-43(53)37-28-19-21-29(22-20-28)38(37)47-40-36-24-23-34(27-54-2)51(36)50-41(48-40)39-35-25-33(45)26-46-42(35)52(49-39)44(30-13-7-4-8-14-30,31-15-9-5-10-16-31)32-17-11-6-12-18-32/h4-18,23-26,28-29,37-38H,3,19-22,27H2,1-2H3,(H,47,48,50)/t28?,29?,37-,38-/m1/s1. The Morgan fingerprint density at radius 1 is 0.855 bits per heavy atom. The number of aromatic nitrogens is 6. The minimum absolute atomic E-state index is 0.166. The van der Waals surface area contributed by atoms with E-state index >= 15 is 4.39 Å². The van der Waals surface area contributed by atoms with Crippen molar-refractivity contribution in [2.45, 2.75) is 50.8 Å². The molecule has 10 nitrogen and oxygen atoms in total. The highest BCUT2D eigenvalue weighted by Gasteiger charge is 2.48. The minimum atomic E-state index is -1.03. The Morgan fingerprint density at radius 3 is 2.07 bits per heavy atom. The fourth-order valence-electron chi connectivity index (χ4n) is 9.19. The van der Waals surface area contributed by atoms with Gasteiger partial charge in [-0.3, -0.25) is 4.79 Å². The highest BCUT2D eigenvalue weighted by Crippen LogP contribution is 2.48. The Morgan fingerprint density at radius 2 is 1.47 bits per heavy atom. The van der Waals surface area contributed by atoms with Gasteiger partial charge in [0.05, 0.1) is 36.4 Å². The summed E-state index contributed by atoms with van der Waals surface area (Å²) in [6, 6.07) is 35.7. The number of nitrogens with one attached hydrogen (secondary N) is 1. The van der Waals surface area contributed by atoms with Gasteiger partial charge in [0.25, 0.3) is 0 Å². The van der Waals surface area contributed by atoms with E-state index in [1.165, 1.54) is 12.3 Å². The lowest BCUT2D eigenvalue weighted by atomic mass is 9.61. The number of pyridine rings is 1. The summed E-state index contributed by atoms with van der Waals surface area (Å²) in [4.78, 5) is 23.4. The lowest BCUT2D eigenvalue weighted by molar-refractivity contribution is -0.154. The Balaban J connectivity index is 1.30. The SMILES string of the molecule is CCOC(=O)[C@@H]1C2CCC(CC2)[C@H]1Nc1nc(-c2nn(C(c3ccccc3)(c3ccccc3)c3ccccc3)c3ncc(F)cc23)nn2c(COC)ccc12. The summed E-state index contributed by atoms with van der Waals surface area (Å²) in [5, 5.41) is 14.7. The first kappa shape index (κ1) is 34.8. The third kappa shape index (κ3) is 5.85. The molecule has 4 aromatic heterocycles. The molecule has 55 heavy (non-hydrogen) atoms. The van der Waals surface area contributed by atoms with Crippen LogP contribution in [-0.2, 0) is 26.4 Å². The number of rotatable bonds is 11. The van der Waals surface area contributed by atoms with Crippen molar-refractivity contribution in [3.63, 3.8) is 0 Å². The first-order valence-electron chi connectivity index (χ1n) is 19.0. The van der Waals surface area contributed by atoms with Gasteiger partial charge in [0.1, 0.15) is 22.6 Å². The van der Waals surface area contributed by atoms with E-state index in [2.05, 4.69) is 41.7 Å². The smallest absolute Gasteiger partial charge is 0.311 e. The van der Waals surface area contributed by atoms with Gasteiger partial charge in [-0.25, -0.2) is 23.6 Å². The number of carbonyl (C=O) groups is 1. The van der Waals surface area contributed by atoms with Crippen LogP contribution in [0.4, 0.5) is 10.2 Å². The van der Waals surface area contributed by atoms with E-state index in [9.17, 15) is 4.79 Å². The average Bonchev–Trinajstić information content (AvgIpc) is 3.81. The predicted molar refractivity (Wildman–Crippen MR) is 208 cm³/mol. The zero-order valence-corrected chi connectivity index (χ0v) is 30.8. The third-order valence-electron chi connectivity index (χ3n) is 11.6. The highest BCUT2D eigenvalue weighted by molar-refractivity contribution is 5.90. The van der Waals surface area contributed by atoms with Crippen LogP contribution in [-0.4, -0.2) is 55.1 Å². The Labute approximate surface area is 318 Å². The van der Waals surface area contributed by atoms with E-state index in [1.807, 2.05) is 82.9 Å². The topological polar surface area (TPSA) is 108 Å². The molecule has 278 valence electrons. The summed E-state index contributed by atoms with van der Waals surface area (Å²) >= 11 is 0. The van der Waals surface area contributed by atoms with E-state index in [-0.39, 0.29) is 35.6 Å². The van der Waals surface area contributed by atoms with Crippen molar-refractivity contribution in [1.82, 2.24) is 29.4 Å². The van der Waals surface area contributed by atoms with E-state index in [0.29, 0.717) is 35.8 Å². The van der Waals surface area contributed by atoms with Crippen LogP contribution in [0, 0.1) is 23.6 Å². The summed E-state index contributed by atoms with van der Waals surface area (Å²) in [5.41, 5.74) is 4.16. The molecule has 0 amide bonds. The van der Waals surface area contributed by atoms with Crippen LogP contribution >= 0.6 is 0 Å². The van der Waals surface area contributed by atoms with E-state index in [0.717, 1.165) is 53.6 Å². The van der Waals surface area contributed by atoms with Gasteiger partial charge in [0.2, 0.25) is 5.82 Å². The molecule has 0 radical (unpaired) electrons. The summed E-state index contributed by atoms with van der Waals surface area (Å²) in [7, 11) is 1.64. The number of hydrogen-bond donors (Lipinski definition) is 1. The maximum atomic E-state index is 15.4.